The van der Waals surface area contributed by atoms with Gasteiger partial charge in [0.2, 0.25) is 0 Å². The van der Waals surface area contributed by atoms with Crippen LogP contribution < -0.4 is 0 Å². The first-order chi connectivity index (χ1) is 9.06. The molecule has 0 saturated heterocycles. The molecule has 2 aromatic carbocycles. The molecule has 0 aliphatic rings. The summed E-state index contributed by atoms with van der Waals surface area (Å²) in [4.78, 5) is 0. The lowest BCUT2D eigenvalue weighted by Gasteiger charge is -2.12. The zero-order valence-corrected chi connectivity index (χ0v) is 10.1. The van der Waals surface area contributed by atoms with Gasteiger partial charge in [-0.3, -0.25) is 0 Å². The maximum Gasteiger partial charge on any atom is 0.129 e. The van der Waals surface area contributed by atoms with Gasteiger partial charge in [-0.15, -0.1) is 0 Å². The Morgan fingerprint density at radius 1 is 0.895 bits per heavy atom. The van der Waals surface area contributed by atoms with Crippen LogP contribution in [0.15, 0.2) is 42.5 Å². The van der Waals surface area contributed by atoms with E-state index in [4.69, 9.17) is 0 Å². The Morgan fingerprint density at radius 3 is 2.16 bits per heavy atom. The highest BCUT2D eigenvalue weighted by Crippen LogP contribution is 2.16. The Bertz CT molecular complexity index is 549. The second-order valence-corrected chi connectivity index (χ2v) is 4.39. The Morgan fingerprint density at radius 2 is 1.53 bits per heavy atom. The van der Waals surface area contributed by atoms with Crippen molar-refractivity contribution in [3.63, 3.8) is 0 Å². The largest absolute Gasteiger partial charge is 0.392 e. The van der Waals surface area contributed by atoms with Crippen molar-refractivity contribution in [2.75, 3.05) is 0 Å². The third-order valence-corrected chi connectivity index (χ3v) is 2.86. The Labute approximate surface area is 109 Å². The number of benzene rings is 2. The molecule has 100 valence electrons. The fraction of sp³-hybridized carbons (Fsp3) is 0.200. The maximum atomic E-state index is 13.4. The summed E-state index contributed by atoms with van der Waals surface area (Å²) in [6, 6.07) is 9.34. The average molecular weight is 266 g/mol. The van der Waals surface area contributed by atoms with Crippen LogP contribution >= 0.6 is 0 Å². The number of hydrogen-bond acceptors (Lipinski definition) is 1. The van der Waals surface area contributed by atoms with Crippen molar-refractivity contribution in [2.45, 2.75) is 18.9 Å². The number of aliphatic hydroxyl groups excluding tert-OH is 1. The first-order valence-corrected chi connectivity index (χ1v) is 5.91. The first-order valence-electron chi connectivity index (χ1n) is 5.91. The topological polar surface area (TPSA) is 20.2 Å². The van der Waals surface area contributed by atoms with Crippen molar-refractivity contribution >= 4 is 0 Å². The van der Waals surface area contributed by atoms with Crippen molar-refractivity contribution in [3.05, 3.63) is 71.0 Å². The van der Waals surface area contributed by atoms with Crippen LogP contribution in [0.5, 0.6) is 0 Å². The summed E-state index contributed by atoms with van der Waals surface area (Å²) in [6.07, 6.45) is -0.964. The number of rotatable bonds is 4. The predicted molar refractivity (Wildman–Crippen MR) is 66.2 cm³/mol. The maximum absolute atomic E-state index is 13.4. The van der Waals surface area contributed by atoms with E-state index in [0.717, 1.165) is 12.1 Å². The molecule has 0 aliphatic heterocycles. The second-order valence-electron chi connectivity index (χ2n) is 4.39. The molecule has 1 atom stereocenters. The van der Waals surface area contributed by atoms with E-state index in [2.05, 4.69) is 0 Å². The van der Waals surface area contributed by atoms with Crippen LogP contribution in [0.25, 0.3) is 0 Å². The molecule has 0 fully saturated rings. The highest BCUT2D eigenvalue weighted by atomic mass is 19.1. The van der Waals surface area contributed by atoms with E-state index in [1.54, 1.807) is 6.07 Å². The molecule has 0 spiro atoms. The van der Waals surface area contributed by atoms with Crippen molar-refractivity contribution in [1.29, 1.82) is 0 Å². The quantitative estimate of drug-likeness (QED) is 0.900. The molecule has 19 heavy (non-hydrogen) atoms. The molecule has 0 bridgehead atoms. The molecule has 1 unspecified atom stereocenters. The van der Waals surface area contributed by atoms with E-state index >= 15 is 0 Å². The third kappa shape index (κ3) is 3.58. The highest BCUT2D eigenvalue weighted by molar-refractivity contribution is 5.22. The minimum Gasteiger partial charge on any atom is -0.392 e. The van der Waals surface area contributed by atoms with Gasteiger partial charge < -0.3 is 5.11 Å². The lowest BCUT2D eigenvalue weighted by molar-refractivity contribution is 0.172. The summed E-state index contributed by atoms with van der Waals surface area (Å²) in [5, 5.41) is 9.84. The number of halogens is 3. The smallest absolute Gasteiger partial charge is 0.129 e. The zero-order chi connectivity index (χ0) is 13.8. The molecular formula is C15H13F3O. The summed E-state index contributed by atoms with van der Waals surface area (Å²) in [6.45, 7) is 0. The van der Waals surface area contributed by atoms with E-state index in [0.29, 0.717) is 5.56 Å². The van der Waals surface area contributed by atoms with Gasteiger partial charge in [-0.1, -0.05) is 18.2 Å². The van der Waals surface area contributed by atoms with Gasteiger partial charge >= 0.3 is 0 Å². The van der Waals surface area contributed by atoms with Gasteiger partial charge in [0, 0.05) is 12.0 Å². The highest BCUT2D eigenvalue weighted by Gasteiger charge is 2.14. The van der Waals surface area contributed by atoms with Crippen LogP contribution in [0.3, 0.4) is 0 Å². The molecule has 0 heterocycles. The number of hydrogen-bond donors (Lipinski definition) is 1. The molecule has 0 amide bonds. The molecule has 0 radical (unpaired) electrons. The van der Waals surface area contributed by atoms with E-state index in [1.165, 1.54) is 24.3 Å². The van der Waals surface area contributed by atoms with Crippen LogP contribution in [0.4, 0.5) is 13.2 Å². The van der Waals surface area contributed by atoms with Crippen LogP contribution in [0, 0.1) is 17.5 Å². The van der Waals surface area contributed by atoms with Crippen LogP contribution in [-0.2, 0) is 12.8 Å². The monoisotopic (exact) mass is 266 g/mol. The molecule has 2 rings (SSSR count). The van der Waals surface area contributed by atoms with Crippen molar-refractivity contribution in [1.82, 2.24) is 0 Å². The normalized spacial score (nSPS) is 12.4. The molecule has 0 saturated carbocycles. The van der Waals surface area contributed by atoms with Gasteiger partial charge in [0.1, 0.15) is 17.5 Å². The van der Waals surface area contributed by atoms with Crippen molar-refractivity contribution in [3.8, 4) is 0 Å². The Hall–Kier alpha value is -1.81. The molecule has 0 aromatic heterocycles. The summed E-state index contributed by atoms with van der Waals surface area (Å²) in [7, 11) is 0. The standard InChI is InChI=1S/C15H13F3O/c16-11-4-1-3-10(7-11)8-12(19)9-13-14(17)5-2-6-15(13)18/h1-7,12,19H,8-9H2. The molecule has 2 aromatic rings. The zero-order valence-electron chi connectivity index (χ0n) is 10.1. The SMILES string of the molecule is OC(Cc1cccc(F)c1)Cc1c(F)cccc1F. The predicted octanol–water partition coefficient (Wildman–Crippen LogP) is 3.25. The fourth-order valence-electron chi connectivity index (χ4n) is 1.97. The minimum absolute atomic E-state index is 0.144. The Kier molecular flexibility index (Phi) is 4.22. The lowest BCUT2D eigenvalue weighted by Crippen LogP contribution is -2.16. The minimum atomic E-state index is -0.965. The molecule has 1 nitrogen and oxygen atoms in total. The summed E-state index contributed by atoms with van der Waals surface area (Å²) < 4.78 is 39.8. The Balaban J connectivity index is 2.07. The summed E-state index contributed by atoms with van der Waals surface area (Å²) >= 11 is 0. The van der Waals surface area contributed by atoms with Gasteiger partial charge in [0.15, 0.2) is 0 Å². The van der Waals surface area contributed by atoms with E-state index in [-0.39, 0.29) is 18.4 Å². The van der Waals surface area contributed by atoms with Crippen molar-refractivity contribution in [2.24, 2.45) is 0 Å². The summed E-state index contributed by atoms with van der Waals surface area (Å²) in [5.74, 6) is -1.77. The molecule has 4 heteroatoms. The molecular weight excluding hydrogens is 253 g/mol. The number of aliphatic hydroxyl groups is 1. The van der Waals surface area contributed by atoms with Gasteiger partial charge in [-0.2, -0.15) is 0 Å². The molecule has 0 aliphatic carbocycles. The van der Waals surface area contributed by atoms with Crippen LogP contribution in [-0.4, -0.2) is 11.2 Å². The van der Waals surface area contributed by atoms with Crippen LogP contribution in [0.2, 0.25) is 0 Å². The van der Waals surface area contributed by atoms with Crippen molar-refractivity contribution < 1.29 is 18.3 Å². The fourth-order valence-corrected chi connectivity index (χ4v) is 1.97. The van der Waals surface area contributed by atoms with E-state index < -0.39 is 23.6 Å². The summed E-state index contributed by atoms with van der Waals surface area (Å²) in [5.41, 5.74) is 0.440. The van der Waals surface area contributed by atoms with Gasteiger partial charge in [-0.05, 0) is 36.2 Å². The third-order valence-electron chi connectivity index (χ3n) is 2.86. The van der Waals surface area contributed by atoms with E-state index in [1.807, 2.05) is 0 Å². The first kappa shape index (κ1) is 13.6. The second kappa shape index (κ2) is 5.89. The van der Waals surface area contributed by atoms with E-state index in [9.17, 15) is 18.3 Å². The van der Waals surface area contributed by atoms with Crippen LogP contribution in [0.1, 0.15) is 11.1 Å². The van der Waals surface area contributed by atoms with Gasteiger partial charge in [0.05, 0.1) is 6.10 Å². The lowest BCUT2D eigenvalue weighted by atomic mass is 10.0. The van der Waals surface area contributed by atoms with Gasteiger partial charge in [0.25, 0.3) is 0 Å². The average Bonchev–Trinajstić information content (AvgIpc) is 2.34. The van der Waals surface area contributed by atoms with Gasteiger partial charge in [-0.25, -0.2) is 13.2 Å². The molecule has 1 N–H and O–H groups in total.